The summed E-state index contributed by atoms with van der Waals surface area (Å²) in [6.45, 7) is -2.14. The summed E-state index contributed by atoms with van der Waals surface area (Å²) in [4.78, 5) is 0. The van der Waals surface area contributed by atoms with Gasteiger partial charge in [0.05, 0.1) is 0 Å². The molecule has 0 aliphatic carbocycles. The normalized spacial score (nSPS) is 13.3. The van der Waals surface area contributed by atoms with Crippen LogP contribution in [0, 0.1) is 0 Å². The number of sulfonamides is 1. The van der Waals surface area contributed by atoms with Crippen LogP contribution in [0.2, 0.25) is 0 Å². The highest BCUT2D eigenvalue weighted by atomic mass is 32.2. The molecule has 0 unspecified atom stereocenters. The summed E-state index contributed by atoms with van der Waals surface area (Å²) in [6, 6.07) is 2.17. The van der Waals surface area contributed by atoms with E-state index in [4.69, 9.17) is 5.11 Å². The van der Waals surface area contributed by atoms with Crippen molar-refractivity contribution in [2.75, 3.05) is 13.6 Å². The number of hydrogen-bond donors (Lipinski definition) is 1. The first-order valence-corrected chi connectivity index (χ1v) is 5.83. The molecule has 98 valence electrons. The molecule has 0 radical (unpaired) electrons. The first-order valence-electron chi connectivity index (χ1n) is 4.39. The Morgan fingerprint density at radius 3 is 2.41 bits per heavy atom. The zero-order chi connectivity index (χ0) is 13.3. The number of aliphatic hydroxyl groups is 1. The van der Waals surface area contributed by atoms with Crippen molar-refractivity contribution in [3.8, 4) is 0 Å². The van der Waals surface area contributed by atoms with Crippen molar-refractivity contribution in [1.29, 1.82) is 0 Å². The van der Waals surface area contributed by atoms with Crippen molar-refractivity contribution in [3.63, 3.8) is 0 Å². The molecule has 0 amide bonds. The topological polar surface area (TPSA) is 70.8 Å². The van der Waals surface area contributed by atoms with Gasteiger partial charge in [-0.05, 0) is 12.1 Å². The lowest BCUT2D eigenvalue weighted by Crippen LogP contribution is -2.35. The van der Waals surface area contributed by atoms with E-state index in [9.17, 15) is 21.6 Å². The lowest BCUT2D eigenvalue weighted by Gasteiger charge is -2.16. The fraction of sp³-hybridized carbons (Fsp3) is 0.500. The van der Waals surface area contributed by atoms with Gasteiger partial charge in [0.2, 0.25) is 5.09 Å². The molecule has 1 aromatic heterocycles. The highest BCUT2D eigenvalue weighted by molar-refractivity contribution is 7.89. The number of halogens is 3. The highest BCUT2D eigenvalue weighted by Crippen LogP contribution is 2.22. The molecule has 1 rings (SSSR count). The molecule has 0 spiro atoms. The van der Waals surface area contributed by atoms with E-state index in [0.29, 0.717) is 0 Å². The van der Waals surface area contributed by atoms with Gasteiger partial charge < -0.3 is 9.52 Å². The lowest BCUT2D eigenvalue weighted by atomic mass is 10.5. The fourth-order valence-corrected chi connectivity index (χ4v) is 2.15. The Hall–Kier alpha value is -1.06. The number of nitrogens with zero attached hydrogens (tertiary/aromatic N) is 1. The second kappa shape index (κ2) is 4.67. The number of hydrogen-bond acceptors (Lipinski definition) is 4. The van der Waals surface area contributed by atoms with E-state index in [0.717, 1.165) is 13.1 Å². The maximum absolute atomic E-state index is 12.0. The summed E-state index contributed by atoms with van der Waals surface area (Å²) >= 11 is 0. The third kappa shape index (κ3) is 3.45. The smallest absolute Gasteiger partial charge is 0.402 e. The summed E-state index contributed by atoms with van der Waals surface area (Å²) in [7, 11) is -3.53. The van der Waals surface area contributed by atoms with Crippen LogP contribution in [0.3, 0.4) is 0 Å². The van der Waals surface area contributed by atoms with E-state index >= 15 is 0 Å². The standard InChI is InChI=1S/C8H10F3NO4S/c1-12(5-8(9,10)11)17(14,15)7-3-2-6(4-13)16-7/h2-3,13H,4-5H2,1H3. The number of aliphatic hydroxyl groups excluding tert-OH is 1. The van der Waals surface area contributed by atoms with Crippen molar-refractivity contribution in [2.24, 2.45) is 0 Å². The molecule has 0 atom stereocenters. The molecule has 1 aromatic rings. The monoisotopic (exact) mass is 273 g/mol. The predicted octanol–water partition coefficient (Wildman–Crippen LogP) is 0.955. The van der Waals surface area contributed by atoms with Gasteiger partial charge in [-0.3, -0.25) is 0 Å². The van der Waals surface area contributed by atoms with Gasteiger partial charge >= 0.3 is 6.18 Å². The number of furan rings is 1. The van der Waals surface area contributed by atoms with Crippen molar-refractivity contribution in [1.82, 2.24) is 4.31 Å². The molecule has 0 bridgehead atoms. The maximum Gasteiger partial charge on any atom is 0.402 e. The first-order chi connectivity index (χ1) is 7.66. The minimum Gasteiger partial charge on any atom is -0.446 e. The Morgan fingerprint density at radius 1 is 1.41 bits per heavy atom. The van der Waals surface area contributed by atoms with Crippen LogP contribution in [0.4, 0.5) is 13.2 Å². The molecule has 5 nitrogen and oxygen atoms in total. The summed E-state index contributed by atoms with van der Waals surface area (Å²) in [5.74, 6) is -0.0380. The Bertz CT molecular complexity index is 479. The first kappa shape index (κ1) is 14.0. The van der Waals surface area contributed by atoms with E-state index in [-0.39, 0.29) is 10.1 Å². The minimum absolute atomic E-state index is 0.0380. The zero-order valence-electron chi connectivity index (χ0n) is 8.73. The van der Waals surface area contributed by atoms with Crippen LogP contribution in [0.25, 0.3) is 0 Å². The van der Waals surface area contributed by atoms with Crippen molar-refractivity contribution < 1.29 is 31.1 Å². The fourth-order valence-electron chi connectivity index (χ4n) is 1.07. The van der Waals surface area contributed by atoms with Crippen molar-refractivity contribution in [3.05, 3.63) is 17.9 Å². The molecule has 1 heterocycles. The lowest BCUT2D eigenvalue weighted by molar-refractivity contribution is -0.134. The average molecular weight is 273 g/mol. The van der Waals surface area contributed by atoms with Gasteiger partial charge in [-0.15, -0.1) is 0 Å². The zero-order valence-corrected chi connectivity index (χ0v) is 9.55. The van der Waals surface area contributed by atoms with Gasteiger partial charge in [0, 0.05) is 7.05 Å². The highest BCUT2D eigenvalue weighted by Gasteiger charge is 2.36. The van der Waals surface area contributed by atoms with Gasteiger partial charge in [-0.25, -0.2) is 8.42 Å². The minimum atomic E-state index is -4.63. The van der Waals surface area contributed by atoms with Crippen LogP contribution < -0.4 is 0 Å². The number of alkyl halides is 3. The summed E-state index contributed by atoms with van der Waals surface area (Å²) in [5.41, 5.74) is 0. The second-order valence-electron chi connectivity index (χ2n) is 3.26. The second-order valence-corrected chi connectivity index (χ2v) is 5.23. The van der Waals surface area contributed by atoms with Crippen LogP contribution in [-0.4, -0.2) is 37.6 Å². The van der Waals surface area contributed by atoms with Gasteiger partial charge in [0.15, 0.2) is 0 Å². The molecule has 0 aromatic carbocycles. The maximum atomic E-state index is 12.0. The van der Waals surface area contributed by atoms with Crippen LogP contribution in [0.15, 0.2) is 21.6 Å². The molecule has 0 fully saturated rings. The Balaban J connectivity index is 2.95. The quantitative estimate of drug-likeness (QED) is 0.886. The summed E-state index contributed by atoms with van der Waals surface area (Å²) in [6.07, 6.45) is -4.63. The third-order valence-corrected chi connectivity index (χ3v) is 3.54. The van der Waals surface area contributed by atoms with Crippen molar-refractivity contribution in [2.45, 2.75) is 17.9 Å². The Kier molecular flexibility index (Phi) is 3.84. The largest absolute Gasteiger partial charge is 0.446 e. The van der Waals surface area contributed by atoms with E-state index in [2.05, 4.69) is 4.42 Å². The molecule has 0 saturated heterocycles. The number of rotatable bonds is 4. The van der Waals surface area contributed by atoms with Crippen LogP contribution in [0.1, 0.15) is 5.76 Å². The summed E-state index contributed by atoms with van der Waals surface area (Å²) < 4.78 is 64.1. The van der Waals surface area contributed by atoms with Gasteiger partial charge in [-0.2, -0.15) is 17.5 Å². The third-order valence-electron chi connectivity index (χ3n) is 1.86. The molecule has 0 aliphatic heterocycles. The summed E-state index contributed by atoms with van der Waals surface area (Å²) in [5, 5.41) is 8.03. The molecular formula is C8H10F3NO4S. The molecule has 0 saturated carbocycles. The Labute approximate surface area is 95.5 Å². The van der Waals surface area contributed by atoms with Gasteiger partial charge in [0.25, 0.3) is 10.0 Å². The van der Waals surface area contributed by atoms with E-state index < -0.39 is 34.4 Å². The average Bonchev–Trinajstić information content (AvgIpc) is 2.63. The van der Waals surface area contributed by atoms with Gasteiger partial charge in [0.1, 0.15) is 18.9 Å². The molecular weight excluding hydrogens is 263 g/mol. The predicted molar refractivity (Wildman–Crippen MR) is 50.5 cm³/mol. The van der Waals surface area contributed by atoms with E-state index in [1.807, 2.05) is 0 Å². The van der Waals surface area contributed by atoms with E-state index in [1.165, 1.54) is 6.07 Å². The van der Waals surface area contributed by atoms with E-state index in [1.54, 1.807) is 0 Å². The van der Waals surface area contributed by atoms with Gasteiger partial charge in [-0.1, -0.05) is 0 Å². The van der Waals surface area contributed by atoms with Crippen molar-refractivity contribution >= 4 is 10.0 Å². The molecule has 0 aliphatic rings. The molecule has 1 N–H and O–H groups in total. The van der Waals surface area contributed by atoms with Crippen LogP contribution >= 0.6 is 0 Å². The molecule has 17 heavy (non-hydrogen) atoms. The SMILES string of the molecule is CN(CC(F)(F)F)S(=O)(=O)c1ccc(CO)o1. The van der Waals surface area contributed by atoms with Crippen LogP contribution in [0.5, 0.6) is 0 Å². The van der Waals surface area contributed by atoms with Crippen LogP contribution in [-0.2, 0) is 16.6 Å². The Morgan fingerprint density at radius 2 is 2.00 bits per heavy atom. The molecule has 9 heteroatoms.